The first-order valence-corrected chi connectivity index (χ1v) is 7.53. The van der Waals surface area contributed by atoms with Crippen LogP contribution < -0.4 is 11.5 Å². The van der Waals surface area contributed by atoms with E-state index in [-0.39, 0.29) is 29.2 Å². The lowest BCUT2D eigenvalue weighted by molar-refractivity contribution is -0.112. The van der Waals surface area contributed by atoms with E-state index in [2.05, 4.69) is 19.9 Å². The van der Waals surface area contributed by atoms with Gasteiger partial charge in [-0.25, -0.2) is 19.9 Å². The highest BCUT2D eigenvalue weighted by atomic mass is 16.3. The Bertz CT molecular complexity index is 835. The smallest absolute Gasteiger partial charge is 0.254 e. The second-order valence-corrected chi connectivity index (χ2v) is 5.53. The number of hydrogen-bond acceptors (Lipinski definition) is 9. The monoisotopic (exact) mass is 340 g/mol. The summed E-state index contributed by atoms with van der Waals surface area (Å²) in [7, 11) is 0. The molecule has 25 heavy (non-hydrogen) atoms. The predicted molar refractivity (Wildman–Crippen MR) is 91.0 cm³/mol. The van der Waals surface area contributed by atoms with Gasteiger partial charge in [0.15, 0.2) is 17.4 Å². The molecule has 1 fully saturated rings. The van der Waals surface area contributed by atoms with E-state index < -0.39 is 0 Å². The molecule has 0 spiro atoms. The van der Waals surface area contributed by atoms with Crippen LogP contribution in [0.4, 0.5) is 11.6 Å². The summed E-state index contributed by atoms with van der Waals surface area (Å²) in [5.41, 5.74) is 13.0. The van der Waals surface area contributed by atoms with Gasteiger partial charge in [0.05, 0.1) is 23.8 Å². The van der Waals surface area contributed by atoms with Crippen molar-refractivity contribution in [2.24, 2.45) is 0 Å². The number of hydrogen-bond donors (Lipinski definition) is 4. The molecular formula is C16H16N6O3. The van der Waals surface area contributed by atoms with Gasteiger partial charge in [-0.3, -0.25) is 4.79 Å². The first-order valence-electron chi connectivity index (χ1n) is 7.53. The molecule has 0 saturated heterocycles. The minimum absolute atomic E-state index is 0.0942. The zero-order valence-electron chi connectivity index (χ0n) is 13.2. The fourth-order valence-electron chi connectivity index (χ4n) is 2.50. The molecule has 2 heterocycles. The fraction of sp³-hybridized carbons (Fsp3) is 0.188. The summed E-state index contributed by atoms with van der Waals surface area (Å²) in [5.74, 6) is -1.01. The number of rotatable bonds is 2. The third-order valence-electron chi connectivity index (χ3n) is 3.72. The van der Waals surface area contributed by atoms with E-state index in [9.17, 15) is 15.0 Å². The van der Waals surface area contributed by atoms with Crippen molar-refractivity contribution < 1.29 is 15.0 Å². The Kier molecular flexibility index (Phi) is 4.29. The molecule has 3 rings (SSSR count). The molecule has 0 unspecified atom stereocenters. The molecule has 0 atom stereocenters. The van der Waals surface area contributed by atoms with Crippen molar-refractivity contribution in [3.63, 3.8) is 0 Å². The SMILES string of the molecule is Nc1nc(/C=C2\CCC/C(=C\c3cnc(O)c(N)n3)C2=O)cnc1O. The Morgan fingerprint density at radius 3 is 1.72 bits per heavy atom. The van der Waals surface area contributed by atoms with Gasteiger partial charge in [0.1, 0.15) is 0 Å². The number of nitrogens with two attached hydrogens (primary N) is 2. The summed E-state index contributed by atoms with van der Waals surface area (Å²) in [5, 5.41) is 18.6. The Morgan fingerprint density at radius 1 is 0.880 bits per heavy atom. The summed E-state index contributed by atoms with van der Waals surface area (Å²) < 4.78 is 0. The zero-order valence-corrected chi connectivity index (χ0v) is 13.2. The number of aromatic hydroxyl groups is 2. The minimum atomic E-state index is -0.346. The van der Waals surface area contributed by atoms with Crippen LogP contribution >= 0.6 is 0 Å². The zero-order chi connectivity index (χ0) is 18.0. The van der Waals surface area contributed by atoms with Crippen LogP contribution in [-0.2, 0) is 4.79 Å². The Balaban J connectivity index is 1.89. The molecule has 0 aliphatic heterocycles. The predicted octanol–water partition coefficient (Wildman–Crippen LogP) is 1.06. The number of allylic oxidation sites excluding steroid dienone is 2. The van der Waals surface area contributed by atoms with Gasteiger partial charge in [-0.2, -0.15) is 0 Å². The quantitative estimate of drug-likeness (QED) is 0.586. The van der Waals surface area contributed by atoms with Gasteiger partial charge < -0.3 is 21.7 Å². The van der Waals surface area contributed by atoms with Gasteiger partial charge >= 0.3 is 0 Å². The average Bonchev–Trinajstić information content (AvgIpc) is 2.58. The van der Waals surface area contributed by atoms with Crippen molar-refractivity contribution in [2.75, 3.05) is 11.5 Å². The molecule has 0 bridgehead atoms. The molecule has 9 nitrogen and oxygen atoms in total. The van der Waals surface area contributed by atoms with E-state index in [0.717, 1.165) is 6.42 Å². The van der Waals surface area contributed by atoms with E-state index in [1.54, 1.807) is 12.2 Å². The number of ketones is 1. The number of carbonyl (C=O) groups excluding carboxylic acids is 1. The maximum Gasteiger partial charge on any atom is 0.254 e. The van der Waals surface area contributed by atoms with Crippen LogP contribution in [0.15, 0.2) is 23.5 Å². The highest BCUT2D eigenvalue weighted by Gasteiger charge is 2.21. The second kappa shape index (κ2) is 6.56. The Hall–Kier alpha value is -3.49. The summed E-state index contributed by atoms with van der Waals surface area (Å²) in [6.07, 6.45) is 7.88. The van der Waals surface area contributed by atoms with Gasteiger partial charge in [-0.1, -0.05) is 0 Å². The second-order valence-electron chi connectivity index (χ2n) is 5.53. The fourth-order valence-corrected chi connectivity index (χ4v) is 2.50. The first kappa shape index (κ1) is 16.4. The number of aromatic nitrogens is 4. The molecule has 128 valence electrons. The molecule has 0 amide bonds. The topological polar surface area (TPSA) is 161 Å². The third kappa shape index (κ3) is 3.55. The van der Waals surface area contributed by atoms with Crippen LogP contribution in [0, 0.1) is 0 Å². The van der Waals surface area contributed by atoms with E-state index in [1.807, 2.05) is 0 Å². The molecule has 2 aromatic rings. The van der Waals surface area contributed by atoms with Crippen molar-refractivity contribution in [3.05, 3.63) is 34.9 Å². The van der Waals surface area contributed by atoms with Gasteiger partial charge in [0, 0.05) is 11.1 Å². The van der Waals surface area contributed by atoms with E-state index in [0.29, 0.717) is 35.4 Å². The van der Waals surface area contributed by atoms with Crippen LogP contribution in [0.3, 0.4) is 0 Å². The van der Waals surface area contributed by atoms with E-state index >= 15 is 0 Å². The Morgan fingerprint density at radius 2 is 1.32 bits per heavy atom. The molecule has 0 aromatic carbocycles. The van der Waals surface area contributed by atoms with E-state index in [4.69, 9.17) is 11.5 Å². The maximum atomic E-state index is 12.6. The maximum absolute atomic E-state index is 12.6. The lowest BCUT2D eigenvalue weighted by Crippen LogP contribution is -2.12. The molecular weight excluding hydrogens is 324 g/mol. The normalized spacial score (nSPS) is 18.0. The van der Waals surface area contributed by atoms with Crippen molar-refractivity contribution in [2.45, 2.75) is 19.3 Å². The number of nitrogens with zero attached hydrogens (tertiary/aromatic N) is 4. The van der Waals surface area contributed by atoms with Crippen LogP contribution in [0.25, 0.3) is 12.2 Å². The number of carbonyl (C=O) groups is 1. The number of Topliss-reactive ketones (excluding diaryl/α,β-unsaturated/α-hetero) is 1. The van der Waals surface area contributed by atoms with Crippen LogP contribution in [0.1, 0.15) is 30.7 Å². The summed E-state index contributed by atoms with van der Waals surface area (Å²) in [6, 6.07) is 0. The van der Waals surface area contributed by atoms with Crippen molar-refractivity contribution in [1.29, 1.82) is 0 Å². The largest absolute Gasteiger partial charge is 0.491 e. The summed E-state index contributed by atoms with van der Waals surface area (Å²) in [4.78, 5) is 28.0. The van der Waals surface area contributed by atoms with Gasteiger partial charge in [-0.05, 0) is 31.4 Å². The first-order chi connectivity index (χ1) is 11.9. The van der Waals surface area contributed by atoms with Crippen molar-refractivity contribution >= 4 is 29.6 Å². The van der Waals surface area contributed by atoms with Crippen LogP contribution in [0.5, 0.6) is 11.8 Å². The standard InChI is InChI=1S/C16H16N6O3/c17-13-15(24)19-6-10(21-13)4-8-2-1-3-9(12(8)23)5-11-7-20-16(25)14(18)22-11/h4-7H,1-3H2,(H2,17,21)(H2,18,22)(H,19,24)(H,20,25)/b8-4+,9-5+. The van der Waals surface area contributed by atoms with Gasteiger partial charge in [0.2, 0.25) is 0 Å². The molecule has 2 aromatic heterocycles. The summed E-state index contributed by atoms with van der Waals surface area (Å²) in [6.45, 7) is 0. The molecule has 1 saturated carbocycles. The third-order valence-corrected chi connectivity index (χ3v) is 3.72. The summed E-state index contributed by atoms with van der Waals surface area (Å²) >= 11 is 0. The van der Waals surface area contributed by atoms with Crippen LogP contribution in [-0.4, -0.2) is 35.9 Å². The lowest BCUT2D eigenvalue weighted by Gasteiger charge is -2.16. The molecule has 9 heteroatoms. The highest BCUT2D eigenvalue weighted by Crippen LogP contribution is 2.28. The molecule has 6 N–H and O–H groups in total. The minimum Gasteiger partial charge on any atom is -0.491 e. The van der Waals surface area contributed by atoms with Gasteiger partial charge in [-0.15, -0.1) is 0 Å². The van der Waals surface area contributed by atoms with Crippen LogP contribution in [0.2, 0.25) is 0 Å². The van der Waals surface area contributed by atoms with Crippen molar-refractivity contribution in [1.82, 2.24) is 19.9 Å². The average molecular weight is 340 g/mol. The van der Waals surface area contributed by atoms with Crippen molar-refractivity contribution in [3.8, 4) is 11.8 Å². The highest BCUT2D eigenvalue weighted by molar-refractivity contribution is 6.13. The molecule has 1 aliphatic carbocycles. The lowest BCUT2D eigenvalue weighted by atomic mass is 9.88. The number of nitrogen functional groups attached to an aromatic ring is 2. The molecule has 0 radical (unpaired) electrons. The number of anilines is 2. The molecule has 1 aliphatic rings. The van der Waals surface area contributed by atoms with Gasteiger partial charge in [0.25, 0.3) is 11.8 Å². The van der Waals surface area contributed by atoms with E-state index in [1.165, 1.54) is 12.4 Å². The Labute approximate surface area is 142 Å².